The highest BCUT2D eigenvalue weighted by Crippen LogP contribution is 1.76. The Morgan fingerprint density at radius 3 is 2.15 bits per heavy atom. The molecule has 0 saturated heterocycles. The lowest BCUT2D eigenvalue weighted by molar-refractivity contribution is -0.149. The second kappa shape index (κ2) is 8.67. The van der Waals surface area contributed by atoms with Gasteiger partial charge in [0.25, 0.3) is 0 Å². The Kier molecular flexibility index (Phi) is 7.73. The quantitative estimate of drug-likeness (QED) is 0.697. The van der Waals surface area contributed by atoms with Crippen LogP contribution in [0.4, 0.5) is 0 Å². The van der Waals surface area contributed by atoms with Crippen molar-refractivity contribution < 1.29 is 9.63 Å². The van der Waals surface area contributed by atoms with Crippen LogP contribution in [0.2, 0.25) is 0 Å². The fourth-order valence-electron chi connectivity index (χ4n) is 0.499. The number of nitrogens with one attached hydrogen (secondary N) is 1. The van der Waals surface area contributed by atoms with Crippen molar-refractivity contribution in [1.82, 2.24) is 10.5 Å². The van der Waals surface area contributed by atoms with Crippen LogP contribution in [0.25, 0.3) is 0 Å². The number of carbonyl (C=O) groups is 1. The molecule has 0 unspecified atom stereocenters. The molecule has 1 heterocycles. The number of rotatable bonds is 2. The molecule has 0 spiro atoms. The second-order valence-corrected chi connectivity index (χ2v) is 2.06. The van der Waals surface area contributed by atoms with Gasteiger partial charge in [0.1, 0.15) is 0 Å². The topological polar surface area (TPSA) is 51.2 Å². The predicted octanol–water partition coefficient (Wildman–Crippen LogP) is 1.16. The van der Waals surface area contributed by atoms with E-state index in [0.29, 0.717) is 6.42 Å². The van der Waals surface area contributed by atoms with E-state index >= 15 is 0 Å². The highest BCUT2D eigenvalue weighted by atomic mass is 16.7. The van der Waals surface area contributed by atoms with Gasteiger partial charge in [0.15, 0.2) is 0 Å². The maximum Gasteiger partial charge on any atom is 0.324 e. The number of hydrogen-bond acceptors (Lipinski definition) is 4. The molecule has 0 aliphatic carbocycles. The Bertz CT molecular complexity index is 187. The lowest BCUT2D eigenvalue weighted by Crippen LogP contribution is -2.13. The van der Waals surface area contributed by atoms with Crippen molar-refractivity contribution in [1.29, 1.82) is 0 Å². The number of hydroxylamine groups is 1. The van der Waals surface area contributed by atoms with E-state index in [2.05, 4.69) is 15.3 Å². The summed E-state index contributed by atoms with van der Waals surface area (Å²) < 4.78 is 0. The van der Waals surface area contributed by atoms with Crippen LogP contribution in [0.1, 0.15) is 13.3 Å². The lowest BCUT2D eigenvalue weighted by Gasteiger charge is -1.94. The zero-order chi connectivity index (χ0) is 9.94. The molecule has 0 aliphatic heterocycles. The summed E-state index contributed by atoms with van der Waals surface area (Å²) in [5.41, 5.74) is 2.27. The first-order valence-corrected chi connectivity index (χ1v) is 4.02. The van der Waals surface area contributed by atoms with Gasteiger partial charge in [-0.2, -0.15) is 5.48 Å². The molecule has 0 aliphatic rings. The first-order chi connectivity index (χ1) is 6.31. The summed E-state index contributed by atoms with van der Waals surface area (Å²) in [6.45, 7) is 1.74. The number of aromatic nitrogens is 1. The molecule has 4 nitrogen and oxygen atoms in total. The fraction of sp³-hybridized carbons (Fsp3) is 0.333. The summed E-state index contributed by atoms with van der Waals surface area (Å²) >= 11 is 0. The third kappa shape index (κ3) is 8.49. The van der Waals surface area contributed by atoms with Crippen molar-refractivity contribution in [2.75, 3.05) is 7.05 Å². The number of nitrogens with zero attached hydrogens (tertiary/aromatic N) is 1. The van der Waals surface area contributed by atoms with Crippen LogP contribution < -0.4 is 5.48 Å². The average molecular weight is 182 g/mol. The molecule has 0 saturated carbocycles. The molecule has 0 aromatic carbocycles. The highest BCUT2D eigenvalue weighted by Gasteiger charge is 1.91. The molecule has 0 atom stereocenters. The van der Waals surface area contributed by atoms with Gasteiger partial charge in [-0.25, -0.2) is 0 Å². The van der Waals surface area contributed by atoms with Crippen molar-refractivity contribution >= 4 is 5.97 Å². The normalized spacial score (nSPS) is 8.15. The Hall–Kier alpha value is -1.42. The second-order valence-electron chi connectivity index (χ2n) is 2.06. The minimum atomic E-state index is -0.234. The maximum atomic E-state index is 10.1. The van der Waals surface area contributed by atoms with Crippen molar-refractivity contribution in [3.05, 3.63) is 30.6 Å². The average Bonchev–Trinajstić information content (AvgIpc) is 2.22. The molecule has 4 heteroatoms. The van der Waals surface area contributed by atoms with Crippen LogP contribution in [0.5, 0.6) is 0 Å². The standard InChI is InChI=1S/C5H5N.C4H9NO2/c1-2-4-6-5-3-1;1-3-4(6)7-5-2/h1-5H;5H,3H2,1-2H3. The van der Waals surface area contributed by atoms with E-state index in [9.17, 15) is 4.79 Å². The van der Waals surface area contributed by atoms with Gasteiger partial charge in [-0.1, -0.05) is 13.0 Å². The molecule has 0 fully saturated rings. The van der Waals surface area contributed by atoms with Gasteiger partial charge in [-0.05, 0) is 12.1 Å². The minimum Gasteiger partial charge on any atom is -0.371 e. The molecule has 72 valence electrons. The Morgan fingerprint density at radius 2 is 2.00 bits per heavy atom. The minimum absolute atomic E-state index is 0.234. The third-order valence-corrected chi connectivity index (χ3v) is 1.07. The molecule has 13 heavy (non-hydrogen) atoms. The fourth-order valence-corrected chi connectivity index (χ4v) is 0.499. The Labute approximate surface area is 77.9 Å². The van der Waals surface area contributed by atoms with Crippen molar-refractivity contribution in [3.63, 3.8) is 0 Å². The van der Waals surface area contributed by atoms with Crippen molar-refractivity contribution in [3.8, 4) is 0 Å². The molecule has 1 N–H and O–H groups in total. The van der Waals surface area contributed by atoms with Crippen LogP contribution in [-0.2, 0) is 9.63 Å². The first-order valence-electron chi connectivity index (χ1n) is 4.02. The predicted molar refractivity (Wildman–Crippen MR) is 49.7 cm³/mol. The van der Waals surface area contributed by atoms with Gasteiger partial charge in [-0.3, -0.25) is 9.78 Å². The molecule has 0 bridgehead atoms. The number of hydrogen-bond donors (Lipinski definition) is 1. The van der Waals surface area contributed by atoms with Crippen LogP contribution in [0, 0.1) is 0 Å². The zero-order valence-corrected chi connectivity index (χ0v) is 7.86. The monoisotopic (exact) mass is 182 g/mol. The van der Waals surface area contributed by atoms with Crippen molar-refractivity contribution in [2.45, 2.75) is 13.3 Å². The molecule has 0 amide bonds. The zero-order valence-electron chi connectivity index (χ0n) is 7.86. The van der Waals surface area contributed by atoms with Gasteiger partial charge in [0.2, 0.25) is 0 Å². The number of pyridine rings is 1. The Balaban J connectivity index is 0.000000223. The van der Waals surface area contributed by atoms with Crippen molar-refractivity contribution in [2.24, 2.45) is 0 Å². The van der Waals surface area contributed by atoms with E-state index in [1.165, 1.54) is 0 Å². The molecular formula is C9H14N2O2. The Morgan fingerprint density at radius 1 is 1.38 bits per heavy atom. The van der Waals surface area contributed by atoms with Gasteiger partial charge < -0.3 is 4.84 Å². The van der Waals surface area contributed by atoms with Crippen LogP contribution in [0.3, 0.4) is 0 Å². The number of carbonyl (C=O) groups excluding carboxylic acids is 1. The summed E-state index contributed by atoms with van der Waals surface area (Å²) in [6.07, 6.45) is 3.92. The highest BCUT2D eigenvalue weighted by molar-refractivity contribution is 5.68. The molecule has 0 radical (unpaired) electrons. The SMILES string of the molecule is CCC(=O)ONC.c1ccncc1. The summed E-state index contributed by atoms with van der Waals surface area (Å²) in [7, 11) is 1.55. The summed E-state index contributed by atoms with van der Waals surface area (Å²) in [4.78, 5) is 18.2. The molecule has 1 aromatic rings. The van der Waals surface area contributed by atoms with E-state index in [1.807, 2.05) is 18.2 Å². The first kappa shape index (κ1) is 11.6. The summed E-state index contributed by atoms with van der Waals surface area (Å²) in [5.74, 6) is -0.234. The molecular weight excluding hydrogens is 168 g/mol. The lowest BCUT2D eigenvalue weighted by atomic mass is 10.5. The summed E-state index contributed by atoms with van der Waals surface area (Å²) in [6, 6.07) is 5.72. The van der Waals surface area contributed by atoms with Crippen LogP contribution in [0.15, 0.2) is 30.6 Å². The van der Waals surface area contributed by atoms with E-state index in [1.54, 1.807) is 26.4 Å². The smallest absolute Gasteiger partial charge is 0.324 e. The van der Waals surface area contributed by atoms with Crippen LogP contribution in [-0.4, -0.2) is 18.0 Å². The van der Waals surface area contributed by atoms with Gasteiger partial charge in [0.05, 0.1) is 0 Å². The summed E-state index contributed by atoms with van der Waals surface area (Å²) in [5, 5.41) is 0. The molecule has 1 aromatic heterocycles. The van der Waals surface area contributed by atoms with Crippen LogP contribution >= 0.6 is 0 Å². The van der Waals surface area contributed by atoms with E-state index in [4.69, 9.17) is 0 Å². The van der Waals surface area contributed by atoms with Gasteiger partial charge in [-0.15, -0.1) is 0 Å². The van der Waals surface area contributed by atoms with Gasteiger partial charge in [0, 0.05) is 25.9 Å². The van der Waals surface area contributed by atoms with Gasteiger partial charge >= 0.3 is 5.97 Å². The third-order valence-electron chi connectivity index (χ3n) is 1.07. The van der Waals surface area contributed by atoms with E-state index < -0.39 is 0 Å². The largest absolute Gasteiger partial charge is 0.371 e. The van der Waals surface area contributed by atoms with E-state index in [-0.39, 0.29) is 5.97 Å². The molecule has 1 rings (SSSR count). The van der Waals surface area contributed by atoms with E-state index in [0.717, 1.165) is 0 Å². The maximum absolute atomic E-state index is 10.1.